The van der Waals surface area contributed by atoms with Gasteiger partial charge in [0, 0.05) is 18.7 Å². The standard InChI is InChI=1S/C17H18N2O4/c1-13(23-17(21)15-9-5-6-12-19(15)22)16(20)18-11-10-14-7-3-2-4-8-14/h2-9,12-13H,10-11H2,1H3,(H,18,20)/t13-/m0/s1. The van der Waals surface area contributed by atoms with Gasteiger partial charge in [-0.3, -0.25) is 4.79 Å². The lowest BCUT2D eigenvalue weighted by molar-refractivity contribution is -0.608. The average molecular weight is 314 g/mol. The van der Waals surface area contributed by atoms with E-state index in [0.29, 0.717) is 17.7 Å². The normalized spacial score (nSPS) is 11.5. The molecule has 0 spiro atoms. The molecule has 2 rings (SSSR count). The molecule has 1 aromatic carbocycles. The van der Waals surface area contributed by atoms with E-state index in [1.165, 1.54) is 25.3 Å². The number of pyridine rings is 1. The number of amides is 1. The first kappa shape index (κ1) is 16.5. The summed E-state index contributed by atoms with van der Waals surface area (Å²) in [5.41, 5.74) is 0.950. The second kappa shape index (κ2) is 7.93. The van der Waals surface area contributed by atoms with Crippen LogP contribution in [0.25, 0.3) is 0 Å². The van der Waals surface area contributed by atoms with Crippen molar-refractivity contribution in [3.05, 3.63) is 71.2 Å². The Balaban J connectivity index is 1.81. The number of ether oxygens (including phenoxy) is 1. The first-order valence-corrected chi connectivity index (χ1v) is 7.28. The third kappa shape index (κ3) is 4.81. The molecule has 0 saturated heterocycles. The number of rotatable bonds is 6. The van der Waals surface area contributed by atoms with E-state index in [1.54, 1.807) is 6.07 Å². The minimum Gasteiger partial charge on any atom is -0.618 e. The average Bonchev–Trinajstić information content (AvgIpc) is 2.56. The highest BCUT2D eigenvalue weighted by molar-refractivity contribution is 5.89. The van der Waals surface area contributed by atoms with Crippen LogP contribution >= 0.6 is 0 Å². The van der Waals surface area contributed by atoms with E-state index in [2.05, 4.69) is 5.32 Å². The summed E-state index contributed by atoms with van der Waals surface area (Å²) in [7, 11) is 0. The van der Waals surface area contributed by atoms with Gasteiger partial charge in [-0.2, -0.15) is 4.73 Å². The minimum atomic E-state index is -0.974. The zero-order chi connectivity index (χ0) is 16.7. The Morgan fingerprint density at radius 2 is 1.87 bits per heavy atom. The summed E-state index contributed by atoms with van der Waals surface area (Å²) in [5, 5.41) is 14.2. The predicted molar refractivity (Wildman–Crippen MR) is 83.4 cm³/mol. The van der Waals surface area contributed by atoms with Gasteiger partial charge in [-0.15, -0.1) is 0 Å². The molecule has 1 heterocycles. The largest absolute Gasteiger partial charge is 0.618 e. The molecule has 0 saturated carbocycles. The van der Waals surface area contributed by atoms with Crippen LogP contribution in [0.5, 0.6) is 0 Å². The molecule has 6 nitrogen and oxygen atoms in total. The Hall–Kier alpha value is -2.89. The third-order valence-electron chi connectivity index (χ3n) is 3.24. The number of aromatic nitrogens is 1. The molecule has 23 heavy (non-hydrogen) atoms. The molecule has 0 unspecified atom stereocenters. The summed E-state index contributed by atoms with van der Waals surface area (Å²) in [6.07, 6.45) is 0.909. The lowest BCUT2D eigenvalue weighted by Gasteiger charge is -2.13. The number of carbonyl (C=O) groups excluding carboxylic acids is 2. The molecule has 1 N–H and O–H groups in total. The maximum Gasteiger partial charge on any atom is 0.405 e. The summed E-state index contributed by atoms with van der Waals surface area (Å²) in [5.74, 6) is -1.23. The maximum absolute atomic E-state index is 11.9. The summed E-state index contributed by atoms with van der Waals surface area (Å²) >= 11 is 0. The van der Waals surface area contributed by atoms with Crippen LogP contribution in [-0.2, 0) is 16.0 Å². The van der Waals surface area contributed by atoms with Crippen molar-refractivity contribution < 1.29 is 19.1 Å². The van der Waals surface area contributed by atoms with Gasteiger partial charge >= 0.3 is 11.7 Å². The molecule has 0 aliphatic heterocycles. The van der Waals surface area contributed by atoms with E-state index < -0.39 is 18.0 Å². The Kier molecular flexibility index (Phi) is 5.68. The van der Waals surface area contributed by atoms with Crippen molar-refractivity contribution in [2.45, 2.75) is 19.4 Å². The monoisotopic (exact) mass is 314 g/mol. The van der Waals surface area contributed by atoms with Crippen molar-refractivity contribution >= 4 is 11.9 Å². The Labute approximate surface area is 134 Å². The molecule has 120 valence electrons. The number of benzene rings is 1. The molecule has 0 aliphatic rings. The van der Waals surface area contributed by atoms with Crippen molar-refractivity contribution in [1.29, 1.82) is 0 Å². The van der Waals surface area contributed by atoms with Gasteiger partial charge in [-0.25, -0.2) is 4.79 Å². The summed E-state index contributed by atoms with van der Waals surface area (Å²) in [6, 6.07) is 14.1. The van der Waals surface area contributed by atoms with Crippen molar-refractivity contribution in [3.8, 4) is 0 Å². The van der Waals surface area contributed by atoms with Gasteiger partial charge in [0.1, 0.15) is 0 Å². The summed E-state index contributed by atoms with van der Waals surface area (Å²) in [4.78, 5) is 23.8. The SMILES string of the molecule is C[C@H](OC(=O)c1cccc[n+]1[O-])C(=O)NCCc1ccccc1. The van der Waals surface area contributed by atoms with Crippen molar-refractivity contribution in [1.82, 2.24) is 5.32 Å². The maximum atomic E-state index is 11.9. The van der Waals surface area contributed by atoms with Crippen molar-refractivity contribution in [3.63, 3.8) is 0 Å². The number of carbonyl (C=O) groups is 2. The first-order valence-electron chi connectivity index (χ1n) is 7.28. The highest BCUT2D eigenvalue weighted by Gasteiger charge is 2.23. The van der Waals surface area contributed by atoms with Gasteiger partial charge in [0.2, 0.25) is 0 Å². The second-order valence-corrected chi connectivity index (χ2v) is 4.99. The van der Waals surface area contributed by atoms with E-state index >= 15 is 0 Å². The van der Waals surface area contributed by atoms with Gasteiger partial charge in [-0.1, -0.05) is 30.3 Å². The topological polar surface area (TPSA) is 82.3 Å². The van der Waals surface area contributed by atoms with Crippen molar-refractivity contribution in [2.24, 2.45) is 0 Å². The molecule has 0 bridgehead atoms. The van der Waals surface area contributed by atoms with Gasteiger partial charge in [-0.05, 0) is 25.0 Å². The number of esters is 1. The zero-order valence-corrected chi connectivity index (χ0v) is 12.8. The zero-order valence-electron chi connectivity index (χ0n) is 12.8. The van der Waals surface area contributed by atoms with Crippen LogP contribution in [0, 0.1) is 5.21 Å². The summed E-state index contributed by atoms with van der Waals surface area (Å²) in [6.45, 7) is 1.91. The fourth-order valence-electron chi connectivity index (χ4n) is 1.98. The van der Waals surface area contributed by atoms with Crippen LogP contribution in [0.1, 0.15) is 23.0 Å². The minimum absolute atomic E-state index is 0.156. The number of hydrogen-bond acceptors (Lipinski definition) is 4. The van der Waals surface area contributed by atoms with Crippen LogP contribution < -0.4 is 10.0 Å². The molecular formula is C17H18N2O4. The van der Waals surface area contributed by atoms with Gasteiger partial charge in [0.05, 0.1) is 0 Å². The quantitative estimate of drug-likeness (QED) is 0.494. The number of nitrogens with one attached hydrogen (secondary N) is 1. The lowest BCUT2D eigenvalue weighted by Crippen LogP contribution is -2.40. The number of nitrogens with zero attached hydrogens (tertiary/aromatic N) is 1. The molecule has 1 atom stereocenters. The first-order chi connectivity index (χ1) is 11.1. The van der Waals surface area contributed by atoms with Gasteiger partial charge in [0.25, 0.3) is 5.91 Å². The second-order valence-electron chi connectivity index (χ2n) is 4.99. The molecule has 6 heteroatoms. The Morgan fingerprint density at radius 1 is 1.17 bits per heavy atom. The van der Waals surface area contributed by atoms with Gasteiger partial charge in [0.15, 0.2) is 12.3 Å². The van der Waals surface area contributed by atoms with E-state index in [0.717, 1.165) is 5.56 Å². The molecular weight excluding hydrogens is 296 g/mol. The smallest absolute Gasteiger partial charge is 0.405 e. The Bertz CT molecular complexity index is 673. The van der Waals surface area contributed by atoms with Crippen LogP contribution in [0.15, 0.2) is 54.7 Å². The fourth-order valence-corrected chi connectivity index (χ4v) is 1.98. The lowest BCUT2D eigenvalue weighted by atomic mass is 10.1. The van der Waals surface area contributed by atoms with Gasteiger partial charge < -0.3 is 15.3 Å². The van der Waals surface area contributed by atoms with E-state index in [9.17, 15) is 14.8 Å². The molecule has 0 fully saturated rings. The molecule has 2 aromatic rings. The molecule has 1 aromatic heterocycles. The highest BCUT2D eigenvalue weighted by atomic mass is 16.6. The van der Waals surface area contributed by atoms with Crippen LogP contribution in [-0.4, -0.2) is 24.5 Å². The van der Waals surface area contributed by atoms with Crippen LogP contribution in [0.3, 0.4) is 0 Å². The predicted octanol–water partition coefficient (Wildman–Crippen LogP) is 1.22. The van der Waals surface area contributed by atoms with E-state index in [1.807, 2.05) is 30.3 Å². The van der Waals surface area contributed by atoms with E-state index in [4.69, 9.17) is 4.74 Å². The van der Waals surface area contributed by atoms with E-state index in [-0.39, 0.29) is 5.69 Å². The molecule has 0 aliphatic carbocycles. The summed E-state index contributed by atoms with van der Waals surface area (Å²) < 4.78 is 5.42. The molecule has 1 amide bonds. The third-order valence-corrected chi connectivity index (χ3v) is 3.24. The fraction of sp³-hybridized carbons (Fsp3) is 0.235. The van der Waals surface area contributed by atoms with Crippen LogP contribution in [0.4, 0.5) is 0 Å². The van der Waals surface area contributed by atoms with Crippen molar-refractivity contribution in [2.75, 3.05) is 6.54 Å². The van der Waals surface area contributed by atoms with Crippen LogP contribution in [0.2, 0.25) is 0 Å². The Morgan fingerprint density at radius 3 is 2.57 bits per heavy atom. The molecule has 0 radical (unpaired) electrons. The highest BCUT2D eigenvalue weighted by Crippen LogP contribution is 2.01. The number of hydrogen-bond donors (Lipinski definition) is 1.